The number of halogens is 1. The van der Waals surface area contributed by atoms with Crippen LogP contribution in [0.4, 0.5) is 4.39 Å². The third-order valence-electron chi connectivity index (χ3n) is 2.54. The van der Waals surface area contributed by atoms with Crippen molar-refractivity contribution in [3.05, 3.63) is 53.7 Å². The van der Waals surface area contributed by atoms with Crippen LogP contribution in [-0.2, 0) is 5.41 Å². The Bertz CT molecular complexity index is 358. The van der Waals surface area contributed by atoms with E-state index in [1.165, 1.54) is 0 Å². The van der Waals surface area contributed by atoms with Gasteiger partial charge in [-0.25, -0.2) is 4.39 Å². The van der Waals surface area contributed by atoms with Crippen LogP contribution in [0.3, 0.4) is 0 Å². The highest BCUT2D eigenvalue weighted by atomic mass is 19.1. The van der Waals surface area contributed by atoms with E-state index in [2.05, 4.69) is 6.58 Å². The Balaban J connectivity index is 3.29. The van der Waals surface area contributed by atoms with E-state index in [0.29, 0.717) is 5.56 Å². The zero-order valence-electron chi connectivity index (χ0n) is 9.89. The Hall–Kier alpha value is -1.11. The Morgan fingerprint density at radius 1 is 1.33 bits per heavy atom. The summed E-state index contributed by atoms with van der Waals surface area (Å²) < 4.78 is 14.1. The molecule has 0 aliphatic heterocycles. The van der Waals surface area contributed by atoms with E-state index in [4.69, 9.17) is 0 Å². The van der Waals surface area contributed by atoms with Gasteiger partial charge in [-0.15, -0.1) is 6.58 Å². The third-order valence-corrected chi connectivity index (χ3v) is 2.54. The van der Waals surface area contributed by atoms with Crippen LogP contribution in [0, 0.1) is 11.7 Å². The Kier molecular flexibility index (Phi) is 3.33. The average molecular weight is 205 g/mol. The highest BCUT2D eigenvalue weighted by Crippen LogP contribution is 2.29. The number of rotatable bonds is 2. The molecule has 15 heavy (non-hydrogen) atoms. The van der Waals surface area contributed by atoms with Gasteiger partial charge in [-0.3, -0.25) is 0 Å². The molecule has 0 fully saturated rings. The molecule has 0 aromatic heterocycles. The molecule has 1 radical (unpaired) electrons. The van der Waals surface area contributed by atoms with Gasteiger partial charge in [-0.1, -0.05) is 52.0 Å². The minimum atomic E-state index is -0.165. The van der Waals surface area contributed by atoms with E-state index < -0.39 is 0 Å². The van der Waals surface area contributed by atoms with Crippen LogP contribution in [0.15, 0.2) is 30.9 Å². The fourth-order valence-corrected chi connectivity index (χ4v) is 1.53. The summed E-state index contributed by atoms with van der Waals surface area (Å²) in [5.41, 5.74) is 1.24. The van der Waals surface area contributed by atoms with Gasteiger partial charge in [0.2, 0.25) is 0 Å². The Labute approximate surface area is 91.8 Å². The normalized spacial score (nSPS) is 11.9. The zero-order chi connectivity index (χ0) is 11.6. The summed E-state index contributed by atoms with van der Waals surface area (Å²) in [4.78, 5) is 0. The molecule has 1 rings (SSSR count). The molecule has 0 amide bonds. The fourth-order valence-electron chi connectivity index (χ4n) is 1.53. The van der Waals surface area contributed by atoms with E-state index in [-0.39, 0.29) is 11.2 Å². The topological polar surface area (TPSA) is 0 Å². The highest BCUT2D eigenvalue weighted by molar-refractivity contribution is 5.41. The minimum Gasteiger partial charge on any atom is -0.206 e. The van der Waals surface area contributed by atoms with Crippen LogP contribution in [0.5, 0.6) is 0 Å². The SMILES string of the molecule is C=C[C](C)c1cccc(C(C)(C)C)c1F. The van der Waals surface area contributed by atoms with E-state index in [1.807, 2.05) is 39.8 Å². The summed E-state index contributed by atoms with van der Waals surface area (Å²) in [5.74, 6) is 0.751. The molecule has 0 aliphatic rings. The molecule has 1 aromatic rings. The molecular weight excluding hydrogens is 187 g/mol. The monoisotopic (exact) mass is 205 g/mol. The fraction of sp³-hybridized carbons (Fsp3) is 0.357. The van der Waals surface area contributed by atoms with Gasteiger partial charge < -0.3 is 0 Å². The lowest BCUT2D eigenvalue weighted by atomic mass is 9.84. The van der Waals surface area contributed by atoms with Crippen molar-refractivity contribution in [3.63, 3.8) is 0 Å². The predicted molar refractivity (Wildman–Crippen MR) is 63.3 cm³/mol. The summed E-state index contributed by atoms with van der Waals surface area (Å²) in [6, 6.07) is 5.53. The van der Waals surface area contributed by atoms with Gasteiger partial charge >= 0.3 is 0 Å². The maximum Gasteiger partial charge on any atom is 0.131 e. The van der Waals surface area contributed by atoms with Crippen molar-refractivity contribution in [1.82, 2.24) is 0 Å². The van der Waals surface area contributed by atoms with Crippen molar-refractivity contribution < 1.29 is 4.39 Å². The van der Waals surface area contributed by atoms with Crippen LogP contribution in [0.25, 0.3) is 0 Å². The van der Waals surface area contributed by atoms with Crippen LogP contribution in [0.1, 0.15) is 38.8 Å². The molecule has 0 nitrogen and oxygen atoms in total. The standard InChI is InChI=1S/C14H18F/c1-6-10(2)11-8-7-9-12(13(11)15)14(3,4)5/h6-9H,1H2,2-5H3. The first-order chi connectivity index (χ1) is 6.88. The van der Waals surface area contributed by atoms with Gasteiger partial charge in [-0.05, 0) is 16.5 Å². The second-order valence-corrected chi connectivity index (χ2v) is 4.80. The zero-order valence-corrected chi connectivity index (χ0v) is 9.89. The molecule has 0 spiro atoms. The molecular formula is C14H18F. The Morgan fingerprint density at radius 2 is 1.93 bits per heavy atom. The van der Waals surface area contributed by atoms with Crippen LogP contribution in [0.2, 0.25) is 0 Å². The molecule has 81 valence electrons. The number of allylic oxidation sites excluding steroid dienone is 1. The number of hydrogen-bond acceptors (Lipinski definition) is 0. The summed E-state index contributed by atoms with van der Waals surface area (Å²) in [5, 5.41) is 0. The maximum absolute atomic E-state index is 14.1. The minimum absolute atomic E-state index is 0.123. The van der Waals surface area contributed by atoms with E-state index in [9.17, 15) is 4.39 Å². The van der Waals surface area contributed by atoms with Gasteiger partial charge in [0.25, 0.3) is 0 Å². The van der Waals surface area contributed by atoms with Gasteiger partial charge in [-0.2, -0.15) is 0 Å². The van der Waals surface area contributed by atoms with E-state index >= 15 is 0 Å². The molecule has 0 N–H and O–H groups in total. The molecule has 0 atom stereocenters. The first kappa shape index (κ1) is 12.0. The lowest BCUT2D eigenvalue weighted by Crippen LogP contribution is -2.15. The number of hydrogen-bond donors (Lipinski definition) is 0. The first-order valence-electron chi connectivity index (χ1n) is 5.13. The average Bonchev–Trinajstić information content (AvgIpc) is 2.15. The maximum atomic E-state index is 14.1. The van der Waals surface area contributed by atoms with Crippen molar-refractivity contribution in [2.45, 2.75) is 33.1 Å². The van der Waals surface area contributed by atoms with Crippen LogP contribution >= 0.6 is 0 Å². The van der Waals surface area contributed by atoms with Crippen LogP contribution in [-0.4, -0.2) is 0 Å². The molecule has 0 unspecified atom stereocenters. The van der Waals surface area contributed by atoms with Gasteiger partial charge in [0.05, 0.1) is 0 Å². The summed E-state index contributed by atoms with van der Waals surface area (Å²) in [6.07, 6.45) is 1.69. The highest BCUT2D eigenvalue weighted by Gasteiger charge is 2.21. The molecule has 1 aromatic carbocycles. The quantitative estimate of drug-likeness (QED) is 0.677. The molecule has 0 aliphatic carbocycles. The number of benzene rings is 1. The summed E-state index contributed by atoms with van der Waals surface area (Å²) in [6.45, 7) is 11.6. The van der Waals surface area contributed by atoms with Crippen molar-refractivity contribution in [2.24, 2.45) is 0 Å². The second-order valence-electron chi connectivity index (χ2n) is 4.80. The van der Waals surface area contributed by atoms with Crippen molar-refractivity contribution in [2.75, 3.05) is 0 Å². The lowest BCUT2D eigenvalue weighted by Gasteiger charge is -2.22. The van der Waals surface area contributed by atoms with Gasteiger partial charge in [0.1, 0.15) is 5.82 Å². The molecule has 0 bridgehead atoms. The second kappa shape index (κ2) is 4.18. The lowest BCUT2D eigenvalue weighted by molar-refractivity contribution is 0.518. The molecule has 0 heterocycles. The smallest absolute Gasteiger partial charge is 0.131 e. The predicted octanol–water partition coefficient (Wildman–Crippen LogP) is 4.25. The first-order valence-corrected chi connectivity index (χ1v) is 5.13. The van der Waals surface area contributed by atoms with E-state index in [1.54, 1.807) is 12.1 Å². The third kappa shape index (κ3) is 2.47. The van der Waals surface area contributed by atoms with Crippen molar-refractivity contribution in [3.8, 4) is 0 Å². The van der Waals surface area contributed by atoms with Gasteiger partial charge in [0.15, 0.2) is 0 Å². The van der Waals surface area contributed by atoms with E-state index in [0.717, 1.165) is 11.5 Å². The van der Waals surface area contributed by atoms with Crippen molar-refractivity contribution in [1.29, 1.82) is 0 Å². The van der Waals surface area contributed by atoms with Gasteiger partial charge in [0, 0.05) is 5.92 Å². The summed E-state index contributed by atoms with van der Waals surface area (Å²) >= 11 is 0. The largest absolute Gasteiger partial charge is 0.206 e. The molecule has 1 heteroatoms. The Morgan fingerprint density at radius 3 is 2.40 bits per heavy atom. The van der Waals surface area contributed by atoms with Crippen molar-refractivity contribution >= 4 is 0 Å². The van der Waals surface area contributed by atoms with Crippen LogP contribution < -0.4 is 0 Å². The molecule has 0 saturated heterocycles. The summed E-state index contributed by atoms with van der Waals surface area (Å²) in [7, 11) is 0. The molecule has 0 saturated carbocycles.